The Balaban J connectivity index is 1.74. The van der Waals surface area contributed by atoms with E-state index in [1.807, 2.05) is 6.92 Å². The number of nitrogens with zero attached hydrogens (tertiary/aromatic N) is 1. The van der Waals surface area contributed by atoms with Gasteiger partial charge in [0.05, 0.1) is 26.7 Å². The molecule has 7 nitrogen and oxygen atoms in total. The number of ether oxygens (including phenoxy) is 3. The van der Waals surface area contributed by atoms with Crippen molar-refractivity contribution in [1.82, 2.24) is 4.90 Å². The SMILES string of the molecule is CCOc1cc(C(=O)N2CSCC2C(=O)Nc2ccc(OC)cc2)ccc1OC. The van der Waals surface area contributed by atoms with Crippen LogP contribution in [0.2, 0.25) is 0 Å². The Kier molecular flexibility index (Phi) is 6.87. The maximum atomic E-state index is 13.1. The molecule has 3 rings (SSSR count). The quantitative estimate of drug-likeness (QED) is 0.747. The van der Waals surface area contributed by atoms with Crippen LogP contribution < -0.4 is 19.5 Å². The number of amides is 2. The number of anilines is 1. The monoisotopic (exact) mass is 416 g/mol. The molecule has 2 aromatic carbocycles. The van der Waals surface area contributed by atoms with Crippen molar-refractivity contribution in [1.29, 1.82) is 0 Å². The minimum atomic E-state index is -0.549. The van der Waals surface area contributed by atoms with E-state index in [4.69, 9.17) is 14.2 Å². The van der Waals surface area contributed by atoms with Gasteiger partial charge >= 0.3 is 0 Å². The van der Waals surface area contributed by atoms with Crippen LogP contribution >= 0.6 is 11.8 Å². The highest BCUT2D eigenvalue weighted by Crippen LogP contribution is 2.30. The zero-order chi connectivity index (χ0) is 20.8. The average molecular weight is 416 g/mol. The molecule has 0 aliphatic carbocycles. The number of benzene rings is 2. The van der Waals surface area contributed by atoms with Crippen LogP contribution in [0.5, 0.6) is 17.2 Å². The first-order valence-electron chi connectivity index (χ1n) is 9.21. The van der Waals surface area contributed by atoms with Gasteiger partial charge < -0.3 is 24.4 Å². The zero-order valence-electron chi connectivity index (χ0n) is 16.6. The first-order valence-corrected chi connectivity index (χ1v) is 10.4. The van der Waals surface area contributed by atoms with Crippen molar-refractivity contribution in [3.8, 4) is 17.2 Å². The average Bonchev–Trinajstić information content (AvgIpc) is 3.24. The molecular weight excluding hydrogens is 392 g/mol. The van der Waals surface area contributed by atoms with Crippen LogP contribution in [-0.4, -0.2) is 55.2 Å². The van der Waals surface area contributed by atoms with Crippen LogP contribution in [0, 0.1) is 0 Å². The lowest BCUT2D eigenvalue weighted by atomic mass is 10.1. The van der Waals surface area contributed by atoms with Crippen LogP contribution in [0.1, 0.15) is 17.3 Å². The lowest BCUT2D eigenvalue weighted by Gasteiger charge is -2.23. The molecule has 8 heteroatoms. The Morgan fingerprint density at radius 1 is 1.10 bits per heavy atom. The largest absolute Gasteiger partial charge is 0.497 e. The number of methoxy groups -OCH3 is 2. The molecule has 29 heavy (non-hydrogen) atoms. The minimum absolute atomic E-state index is 0.214. The highest BCUT2D eigenvalue weighted by Gasteiger charge is 2.35. The van der Waals surface area contributed by atoms with Crippen LogP contribution in [0.15, 0.2) is 42.5 Å². The van der Waals surface area contributed by atoms with E-state index in [0.29, 0.717) is 46.7 Å². The third-order valence-electron chi connectivity index (χ3n) is 4.51. The first kappa shape index (κ1) is 20.9. The fraction of sp³-hybridized carbons (Fsp3) is 0.333. The second-order valence-electron chi connectivity index (χ2n) is 6.31. The Morgan fingerprint density at radius 2 is 1.86 bits per heavy atom. The molecule has 0 saturated carbocycles. The summed E-state index contributed by atoms with van der Waals surface area (Å²) < 4.78 is 16.0. The van der Waals surface area contributed by atoms with E-state index in [-0.39, 0.29) is 11.8 Å². The second-order valence-corrected chi connectivity index (χ2v) is 7.31. The number of carbonyl (C=O) groups is 2. The standard InChI is InChI=1S/C21H24N2O5S/c1-4-28-19-11-14(5-10-18(19)27-3)21(25)23-13-29-12-17(23)20(24)22-15-6-8-16(26-2)9-7-15/h5-11,17H,4,12-13H2,1-3H3,(H,22,24). The Hall–Kier alpha value is -2.87. The molecule has 1 heterocycles. The topological polar surface area (TPSA) is 77.1 Å². The predicted octanol–water partition coefficient (Wildman–Crippen LogP) is 3.26. The van der Waals surface area contributed by atoms with E-state index < -0.39 is 6.04 Å². The van der Waals surface area contributed by atoms with Gasteiger partial charge in [0.25, 0.3) is 5.91 Å². The number of rotatable bonds is 7. The summed E-state index contributed by atoms with van der Waals surface area (Å²) in [6, 6.07) is 11.6. The molecular formula is C21H24N2O5S. The van der Waals surface area contributed by atoms with Crippen molar-refractivity contribution >= 4 is 29.3 Å². The maximum Gasteiger partial charge on any atom is 0.255 e. The summed E-state index contributed by atoms with van der Waals surface area (Å²) >= 11 is 1.55. The number of hydrogen-bond acceptors (Lipinski definition) is 6. The van der Waals surface area contributed by atoms with Crippen molar-refractivity contribution in [2.75, 3.05) is 37.8 Å². The molecule has 0 spiro atoms. The van der Waals surface area contributed by atoms with Gasteiger partial charge in [-0.05, 0) is 49.4 Å². The number of carbonyl (C=O) groups excluding carboxylic acids is 2. The van der Waals surface area contributed by atoms with Crippen molar-refractivity contribution in [3.63, 3.8) is 0 Å². The van der Waals surface area contributed by atoms with E-state index in [9.17, 15) is 9.59 Å². The smallest absolute Gasteiger partial charge is 0.255 e. The molecule has 1 unspecified atom stereocenters. The Morgan fingerprint density at radius 3 is 2.52 bits per heavy atom. The lowest BCUT2D eigenvalue weighted by Crippen LogP contribution is -2.44. The van der Waals surface area contributed by atoms with Crippen LogP contribution in [0.25, 0.3) is 0 Å². The summed E-state index contributed by atoms with van der Waals surface area (Å²) in [6.07, 6.45) is 0. The Labute approximate surface area is 174 Å². The predicted molar refractivity (Wildman–Crippen MR) is 113 cm³/mol. The summed E-state index contributed by atoms with van der Waals surface area (Å²) in [4.78, 5) is 27.4. The molecule has 1 atom stereocenters. The van der Waals surface area contributed by atoms with Crippen LogP contribution in [-0.2, 0) is 4.79 Å². The van der Waals surface area contributed by atoms with Crippen LogP contribution in [0.4, 0.5) is 5.69 Å². The molecule has 2 amide bonds. The van der Waals surface area contributed by atoms with Crippen LogP contribution in [0.3, 0.4) is 0 Å². The Bertz CT molecular complexity index is 872. The summed E-state index contributed by atoms with van der Waals surface area (Å²) in [5, 5.41) is 2.88. The van der Waals surface area contributed by atoms with Crippen molar-refractivity contribution in [2.45, 2.75) is 13.0 Å². The van der Waals surface area contributed by atoms with E-state index in [1.165, 1.54) is 0 Å². The molecule has 1 aliphatic rings. The number of hydrogen-bond donors (Lipinski definition) is 1. The van der Waals surface area contributed by atoms with Gasteiger partial charge in [0.1, 0.15) is 11.8 Å². The fourth-order valence-electron chi connectivity index (χ4n) is 3.00. The van der Waals surface area contributed by atoms with Gasteiger partial charge in [-0.25, -0.2) is 0 Å². The van der Waals surface area contributed by atoms with E-state index in [0.717, 1.165) is 0 Å². The number of thioether (sulfide) groups is 1. The van der Waals surface area contributed by atoms with Crippen molar-refractivity contribution < 1.29 is 23.8 Å². The third-order valence-corrected chi connectivity index (χ3v) is 5.53. The second kappa shape index (κ2) is 9.56. The molecule has 1 fully saturated rings. The van der Waals surface area contributed by atoms with E-state index in [1.54, 1.807) is 73.3 Å². The molecule has 0 bridgehead atoms. The zero-order valence-corrected chi connectivity index (χ0v) is 17.5. The van der Waals surface area contributed by atoms with Gasteiger partial charge in [-0.3, -0.25) is 9.59 Å². The summed E-state index contributed by atoms with van der Waals surface area (Å²) in [7, 11) is 3.14. The minimum Gasteiger partial charge on any atom is -0.497 e. The molecule has 1 saturated heterocycles. The molecule has 2 aromatic rings. The fourth-order valence-corrected chi connectivity index (χ4v) is 4.16. The highest BCUT2D eigenvalue weighted by atomic mass is 32.2. The molecule has 0 aromatic heterocycles. The molecule has 1 N–H and O–H groups in total. The summed E-state index contributed by atoms with van der Waals surface area (Å²) in [5.74, 6) is 2.35. The molecule has 1 aliphatic heterocycles. The first-order chi connectivity index (χ1) is 14.1. The van der Waals surface area contributed by atoms with Gasteiger partial charge in [0.15, 0.2) is 11.5 Å². The molecule has 0 radical (unpaired) electrons. The van der Waals surface area contributed by atoms with Gasteiger partial charge in [0, 0.05) is 17.0 Å². The maximum absolute atomic E-state index is 13.1. The van der Waals surface area contributed by atoms with Gasteiger partial charge in [-0.1, -0.05) is 0 Å². The van der Waals surface area contributed by atoms with E-state index in [2.05, 4.69) is 5.32 Å². The van der Waals surface area contributed by atoms with Gasteiger partial charge in [-0.15, -0.1) is 11.8 Å². The lowest BCUT2D eigenvalue weighted by molar-refractivity contribution is -0.119. The third kappa shape index (κ3) is 4.76. The van der Waals surface area contributed by atoms with Crippen molar-refractivity contribution in [3.05, 3.63) is 48.0 Å². The number of nitrogens with one attached hydrogen (secondary N) is 1. The molecule has 154 valence electrons. The van der Waals surface area contributed by atoms with E-state index >= 15 is 0 Å². The summed E-state index contributed by atoms with van der Waals surface area (Å²) in [6.45, 7) is 2.32. The normalized spacial score (nSPS) is 15.7. The summed E-state index contributed by atoms with van der Waals surface area (Å²) in [5.41, 5.74) is 1.11. The van der Waals surface area contributed by atoms with Crippen molar-refractivity contribution in [2.24, 2.45) is 0 Å². The highest BCUT2D eigenvalue weighted by molar-refractivity contribution is 7.99. The van der Waals surface area contributed by atoms with Gasteiger partial charge in [-0.2, -0.15) is 0 Å². The van der Waals surface area contributed by atoms with Gasteiger partial charge in [0.2, 0.25) is 5.91 Å².